The van der Waals surface area contributed by atoms with Gasteiger partial charge < -0.3 is 10.4 Å². The fourth-order valence-electron chi connectivity index (χ4n) is 1.92. The van der Waals surface area contributed by atoms with E-state index in [1.807, 2.05) is 19.1 Å². The molecule has 3 heteroatoms. The Labute approximate surface area is 90.7 Å². The second kappa shape index (κ2) is 4.64. The van der Waals surface area contributed by atoms with Crippen LogP contribution in [0, 0.1) is 6.92 Å². The summed E-state index contributed by atoms with van der Waals surface area (Å²) in [5.41, 5.74) is 2.14. The van der Waals surface area contributed by atoms with E-state index in [0.717, 1.165) is 43.9 Å². The fourth-order valence-corrected chi connectivity index (χ4v) is 1.92. The summed E-state index contributed by atoms with van der Waals surface area (Å²) in [5, 5.41) is 13.1. The van der Waals surface area contributed by atoms with Gasteiger partial charge >= 0.3 is 0 Å². The zero-order valence-corrected chi connectivity index (χ0v) is 9.16. The molecule has 0 saturated carbocycles. The minimum absolute atomic E-state index is 0.425. The third-order valence-electron chi connectivity index (χ3n) is 2.84. The molecule has 1 aliphatic rings. The van der Waals surface area contributed by atoms with Gasteiger partial charge in [0, 0.05) is 38.3 Å². The molecule has 0 amide bonds. The van der Waals surface area contributed by atoms with E-state index in [0.29, 0.717) is 5.75 Å². The zero-order valence-electron chi connectivity index (χ0n) is 9.16. The summed E-state index contributed by atoms with van der Waals surface area (Å²) in [6, 6.07) is 5.90. The summed E-state index contributed by atoms with van der Waals surface area (Å²) in [4.78, 5) is 2.36. The van der Waals surface area contributed by atoms with Crippen LogP contribution in [0.2, 0.25) is 0 Å². The van der Waals surface area contributed by atoms with Crippen molar-refractivity contribution in [2.75, 3.05) is 26.2 Å². The highest BCUT2D eigenvalue weighted by Gasteiger charge is 2.11. The molecule has 0 radical (unpaired) electrons. The highest BCUT2D eigenvalue weighted by molar-refractivity contribution is 5.35. The van der Waals surface area contributed by atoms with Crippen LogP contribution in [-0.2, 0) is 6.54 Å². The number of phenolic OH excluding ortho intramolecular Hbond substituents is 1. The first-order valence-corrected chi connectivity index (χ1v) is 5.47. The van der Waals surface area contributed by atoms with Gasteiger partial charge in [-0.05, 0) is 18.6 Å². The standard InChI is InChI=1S/C12H18N2O/c1-10-2-3-11(12(15)8-10)9-14-6-4-13-5-7-14/h2-3,8,13,15H,4-7,9H2,1H3. The molecule has 1 fully saturated rings. The lowest BCUT2D eigenvalue weighted by Gasteiger charge is -2.27. The van der Waals surface area contributed by atoms with E-state index in [2.05, 4.69) is 16.3 Å². The molecule has 0 aliphatic carbocycles. The molecule has 82 valence electrons. The van der Waals surface area contributed by atoms with Gasteiger partial charge in [-0.1, -0.05) is 12.1 Å². The molecule has 1 saturated heterocycles. The van der Waals surface area contributed by atoms with E-state index in [1.165, 1.54) is 0 Å². The van der Waals surface area contributed by atoms with Gasteiger partial charge in [0.05, 0.1) is 0 Å². The Morgan fingerprint density at radius 1 is 1.33 bits per heavy atom. The van der Waals surface area contributed by atoms with Crippen LogP contribution in [0.4, 0.5) is 0 Å². The summed E-state index contributed by atoms with van der Waals surface area (Å²) < 4.78 is 0. The van der Waals surface area contributed by atoms with Gasteiger partial charge in [0.15, 0.2) is 0 Å². The Morgan fingerprint density at radius 3 is 2.73 bits per heavy atom. The number of benzene rings is 1. The lowest BCUT2D eigenvalue weighted by molar-refractivity contribution is 0.230. The van der Waals surface area contributed by atoms with Crippen molar-refractivity contribution in [2.45, 2.75) is 13.5 Å². The van der Waals surface area contributed by atoms with Crippen molar-refractivity contribution in [3.8, 4) is 5.75 Å². The quantitative estimate of drug-likeness (QED) is 0.761. The summed E-state index contributed by atoms with van der Waals surface area (Å²) in [6.45, 7) is 7.07. The number of aryl methyl sites for hydroxylation is 1. The van der Waals surface area contributed by atoms with Gasteiger partial charge in [0.2, 0.25) is 0 Å². The number of phenols is 1. The van der Waals surface area contributed by atoms with Crippen molar-refractivity contribution in [3.05, 3.63) is 29.3 Å². The van der Waals surface area contributed by atoms with Crippen molar-refractivity contribution in [1.82, 2.24) is 10.2 Å². The van der Waals surface area contributed by atoms with Crippen LogP contribution >= 0.6 is 0 Å². The maximum atomic E-state index is 9.78. The molecule has 0 atom stereocenters. The Morgan fingerprint density at radius 2 is 2.07 bits per heavy atom. The number of hydrogen-bond acceptors (Lipinski definition) is 3. The first-order chi connectivity index (χ1) is 7.25. The number of nitrogens with zero attached hydrogens (tertiary/aromatic N) is 1. The van der Waals surface area contributed by atoms with Crippen molar-refractivity contribution in [3.63, 3.8) is 0 Å². The van der Waals surface area contributed by atoms with Crippen LogP contribution in [-0.4, -0.2) is 36.2 Å². The largest absolute Gasteiger partial charge is 0.508 e. The smallest absolute Gasteiger partial charge is 0.120 e. The van der Waals surface area contributed by atoms with Crippen LogP contribution in [0.1, 0.15) is 11.1 Å². The molecule has 2 N–H and O–H groups in total. The molecule has 0 aromatic heterocycles. The Balaban J connectivity index is 2.03. The van der Waals surface area contributed by atoms with Crippen molar-refractivity contribution in [2.24, 2.45) is 0 Å². The molecule has 0 unspecified atom stereocenters. The summed E-state index contributed by atoms with van der Waals surface area (Å²) in [5.74, 6) is 0.425. The van der Waals surface area contributed by atoms with Crippen LogP contribution in [0.5, 0.6) is 5.75 Å². The Bertz CT molecular complexity index is 332. The third-order valence-corrected chi connectivity index (χ3v) is 2.84. The molecule has 0 bridgehead atoms. The molecule has 3 nitrogen and oxygen atoms in total. The van der Waals surface area contributed by atoms with Crippen molar-refractivity contribution in [1.29, 1.82) is 0 Å². The number of piperazine rings is 1. The molecular weight excluding hydrogens is 188 g/mol. The van der Waals surface area contributed by atoms with Crippen molar-refractivity contribution >= 4 is 0 Å². The van der Waals surface area contributed by atoms with E-state index >= 15 is 0 Å². The van der Waals surface area contributed by atoms with Crippen LogP contribution in [0.15, 0.2) is 18.2 Å². The van der Waals surface area contributed by atoms with E-state index < -0.39 is 0 Å². The second-order valence-electron chi connectivity index (χ2n) is 4.16. The highest BCUT2D eigenvalue weighted by atomic mass is 16.3. The third kappa shape index (κ3) is 2.70. The predicted octanol–water partition coefficient (Wildman–Crippen LogP) is 1.11. The minimum Gasteiger partial charge on any atom is -0.508 e. The first kappa shape index (κ1) is 10.5. The summed E-state index contributed by atoms with van der Waals surface area (Å²) >= 11 is 0. The maximum Gasteiger partial charge on any atom is 0.120 e. The van der Waals surface area contributed by atoms with Gasteiger partial charge in [-0.15, -0.1) is 0 Å². The summed E-state index contributed by atoms with van der Waals surface area (Å²) in [6.07, 6.45) is 0. The van der Waals surface area contributed by atoms with E-state index in [4.69, 9.17) is 0 Å². The average molecular weight is 206 g/mol. The molecule has 1 heterocycles. The van der Waals surface area contributed by atoms with Gasteiger partial charge in [0.25, 0.3) is 0 Å². The van der Waals surface area contributed by atoms with Crippen LogP contribution < -0.4 is 5.32 Å². The minimum atomic E-state index is 0.425. The van der Waals surface area contributed by atoms with Crippen LogP contribution in [0.25, 0.3) is 0 Å². The van der Waals surface area contributed by atoms with E-state index in [-0.39, 0.29) is 0 Å². The molecule has 1 aliphatic heterocycles. The lowest BCUT2D eigenvalue weighted by atomic mass is 10.1. The molecular formula is C12H18N2O. The highest BCUT2D eigenvalue weighted by Crippen LogP contribution is 2.20. The lowest BCUT2D eigenvalue weighted by Crippen LogP contribution is -2.42. The average Bonchev–Trinajstić information content (AvgIpc) is 2.24. The molecule has 2 rings (SSSR count). The van der Waals surface area contributed by atoms with Crippen molar-refractivity contribution < 1.29 is 5.11 Å². The first-order valence-electron chi connectivity index (χ1n) is 5.47. The maximum absolute atomic E-state index is 9.78. The van der Waals surface area contributed by atoms with Gasteiger partial charge in [-0.3, -0.25) is 4.90 Å². The van der Waals surface area contributed by atoms with Gasteiger partial charge in [0.1, 0.15) is 5.75 Å². The predicted molar refractivity (Wildman–Crippen MR) is 61.0 cm³/mol. The normalized spacial score (nSPS) is 17.9. The number of nitrogens with one attached hydrogen (secondary N) is 1. The Kier molecular flexibility index (Phi) is 3.23. The Hall–Kier alpha value is -1.06. The molecule has 15 heavy (non-hydrogen) atoms. The SMILES string of the molecule is Cc1ccc(CN2CCNCC2)c(O)c1. The number of aromatic hydroxyl groups is 1. The second-order valence-corrected chi connectivity index (χ2v) is 4.16. The van der Waals surface area contributed by atoms with E-state index in [9.17, 15) is 5.11 Å². The van der Waals surface area contributed by atoms with Crippen LogP contribution in [0.3, 0.4) is 0 Å². The molecule has 0 spiro atoms. The van der Waals surface area contributed by atoms with Gasteiger partial charge in [-0.25, -0.2) is 0 Å². The van der Waals surface area contributed by atoms with Gasteiger partial charge in [-0.2, -0.15) is 0 Å². The zero-order chi connectivity index (χ0) is 10.7. The topological polar surface area (TPSA) is 35.5 Å². The monoisotopic (exact) mass is 206 g/mol. The fraction of sp³-hybridized carbons (Fsp3) is 0.500. The molecule has 1 aromatic rings. The van der Waals surface area contributed by atoms with E-state index in [1.54, 1.807) is 0 Å². The number of hydrogen-bond donors (Lipinski definition) is 2. The molecule has 1 aromatic carbocycles. The number of rotatable bonds is 2. The summed E-state index contributed by atoms with van der Waals surface area (Å²) in [7, 11) is 0.